The molecular weight excluding hydrogens is 233 g/mol. The van der Waals surface area contributed by atoms with Crippen LogP contribution in [0.4, 0.5) is 30.7 Å². The summed E-state index contributed by atoms with van der Waals surface area (Å²) in [5.41, 5.74) is 0. The fourth-order valence-corrected chi connectivity index (χ4v) is 0.551. The van der Waals surface area contributed by atoms with Crippen molar-refractivity contribution in [1.82, 2.24) is 0 Å². The summed E-state index contributed by atoms with van der Waals surface area (Å²) >= 11 is 0. The molecule has 1 nitrogen and oxygen atoms in total. The van der Waals surface area contributed by atoms with Crippen LogP contribution in [0.3, 0.4) is 0 Å². The molecule has 0 bridgehead atoms. The molecule has 0 aromatic heterocycles. The van der Waals surface area contributed by atoms with E-state index in [0.717, 1.165) is 0 Å². The van der Waals surface area contributed by atoms with Gasteiger partial charge in [0.2, 0.25) is 0 Å². The van der Waals surface area contributed by atoms with Gasteiger partial charge in [-0.15, -0.1) is 0 Å². The normalized spacial score (nSPS) is 14.2. The first-order valence-corrected chi connectivity index (χ1v) is 3.76. The van der Waals surface area contributed by atoms with Crippen molar-refractivity contribution < 1.29 is 35.5 Å². The molecule has 0 aliphatic carbocycles. The summed E-state index contributed by atoms with van der Waals surface area (Å²) in [6, 6.07) is 0. The minimum Gasteiger partial charge on any atom is -0.375 e. The van der Waals surface area contributed by atoms with Crippen molar-refractivity contribution in [2.45, 2.75) is 25.2 Å². The van der Waals surface area contributed by atoms with Crippen molar-refractivity contribution in [3.8, 4) is 0 Å². The standard InChI is InChI=1S/C6H8F6O.CH3F/c1-2-13-3-5(8,9)4(7)6(10,11)12;1-2/h4H,2-3H2,1H3;1H3. The second-order valence-electron chi connectivity index (χ2n) is 2.30. The first kappa shape index (κ1) is 16.9. The molecule has 0 saturated heterocycles. The smallest absolute Gasteiger partial charge is 0.375 e. The predicted molar refractivity (Wildman–Crippen MR) is 39.4 cm³/mol. The highest BCUT2D eigenvalue weighted by atomic mass is 19.4. The fraction of sp³-hybridized carbons (Fsp3) is 1.00. The average molecular weight is 244 g/mol. The highest BCUT2D eigenvalue weighted by molar-refractivity contribution is 4.82. The van der Waals surface area contributed by atoms with E-state index in [9.17, 15) is 30.7 Å². The van der Waals surface area contributed by atoms with Crippen LogP contribution in [0, 0.1) is 0 Å². The number of hydrogen-bond acceptors (Lipinski definition) is 1. The lowest BCUT2D eigenvalue weighted by Crippen LogP contribution is -2.44. The zero-order valence-electron chi connectivity index (χ0n) is 8.05. The Labute approximate surface area is 82.2 Å². The molecule has 0 amide bonds. The molecule has 0 spiro atoms. The van der Waals surface area contributed by atoms with E-state index in [0.29, 0.717) is 7.18 Å². The molecule has 0 heterocycles. The van der Waals surface area contributed by atoms with Crippen molar-refractivity contribution in [3.63, 3.8) is 0 Å². The topological polar surface area (TPSA) is 9.23 Å². The maximum absolute atomic E-state index is 12.3. The van der Waals surface area contributed by atoms with Crippen LogP contribution in [0.15, 0.2) is 0 Å². The molecule has 15 heavy (non-hydrogen) atoms. The van der Waals surface area contributed by atoms with E-state index in [4.69, 9.17) is 0 Å². The van der Waals surface area contributed by atoms with Crippen molar-refractivity contribution >= 4 is 0 Å². The molecular formula is C7H11F7O. The van der Waals surface area contributed by atoms with Crippen LogP contribution < -0.4 is 0 Å². The minimum absolute atomic E-state index is 0.194. The second-order valence-corrected chi connectivity index (χ2v) is 2.30. The quantitative estimate of drug-likeness (QED) is 0.690. The van der Waals surface area contributed by atoms with Crippen LogP contribution in [-0.4, -0.2) is 38.7 Å². The average Bonchev–Trinajstić information content (AvgIpc) is 2.15. The van der Waals surface area contributed by atoms with Crippen LogP contribution in [0.2, 0.25) is 0 Å². The Bertz CT molecular complexity index is 156. The minimum atomic E-state index is -5.55. The van der Waals surface area contributed by atoms with E-state index in [-0.39, 0.29) is 6.61 Å². The second kappa shape index (κ2) is 6.86. The van der Waals surface area contributed by atoms with Gasteiger partial charge < -0.3 is 4.74 Å². The number of alkyl halides is 7. The Morgan fingerprint density at radius 2 is 1.47 bits per heavy atom. The molecule has 0 fully saturated rings. The Morgan fingerprint density at radius 1 is 1.07 bits per heavy atom. The summed E-state index contributed by atoms with van der Waals surface area (Å²) in [7, 11) is 0.500. The molecule has 0 saturated carbocycles. The van der Waals surface area contributed by atoms with Gasteiger partial charge in [0.15, 0.2) is 0 Å². The van der Waals surface area contributed by atoms with Crippen LogP contribution >= 0.6 is 0 Å². The van der Waals surface area contributed by atoms with Gasteiger partial charge in [-0.05, 0) is 6.92 Å². The molecule has 0 aliphatic heterocycles. The van der Waals surface area contributed by atoms with Gasteiger partial charge in [0, 0.05) is 6.61 Å². The van der Waals surface area contributed by atoms with Gasteiger partial charge >= 0.3 is 12.1 Å². The van der Waals surface area contributed by atoms with Gasteiger partial charge in [0.05, 0.1) is 7.18 Å². The van der Waals surface area contributed by atoms with Crippen LogP contribution in [-0.2, 0) is 4.74 Å². The van der Waals surface area contributed by atoms with Crippen molar-refractivity contribution in [2.24, 2.45) is 0 Å². The third kappa shape index (κ3) is 6.53. The van der Waals surface area contributed by atoms with Gasteiger partial charge in [-0.2, -0.15) is 13.2 Å². The van der Waals surface area contributed by atoms with Crippen LogP contribution in [0.25, 0.3) is 0 Å². The van der Waals surface area contributed by atoms with Gasteiger partial charge in [0.1, 0.15) is 6.61 Å². The number of halogens is 7. The highest BCUT2D eigenvalue weighted by Crippen LogP contribution is 2.34. The number of hydrogen-bond donors (Lipinski definition) is 0. The van der Waals surface area contributed by atoms with Crippen LogP contribution in [0.5, 0.6) is 0 Å². The number of ether oxygens (including phenoxy) is 1. The van der Waals surface area contributed by atoms with Crippen molar-refractivity contribution in [1.29, 1.82) is 0 Å². The summed E-state index contributed by atoms with van der Waals surface area (Å²) in [5, 5.41) is 0. The predicted octanol–water partition coefficient (Wildman–Crippen LogP) is 3.14. The summed E-state index contributed by atoms with van der Waals surface area (Å²) in [6.45, 7) is -0.443. The molecule has 8 heteroatoms. The zero-order chi connectivity index (χ0) is 12.7. The third-order valence-corrected chi connectivity index (χ3v) is 1.16. The lowest BCUT2D eigenvalue weighted by molar-refractivity contribution is -0.255. The highest BCUT2D eigenvalue weighted by Gasteiger charge is 2.56. The summed E-state index contributed by atoms with van der Waals surface area (Å²) in [6.07, 6.45) is -9.73. The first-order valence-electron chi connectivity index (χ1n) is 3.76. The van der Waals surface area contributed by atoms with Crippen molar-refractivity contribution in [2.75, 3.05) is 20.4 Å². The molecule has 0 radical (unpaired) electrons. The summed E-state index contributed by atoms with van der Waals surface area (Å²) in [4.78, 5) is 0. The molecule has 0 N–H and O–H groups in total. The molecule has 0 aliphatic rings. The van der Waals surface area contributed by atoms with Gasteiger partial charge in [0.25, 0.3) is 6.17 Å². The summed E-state index contributed by atoms with van der Waals surface area (Å²) in [5.74, 6) is -4.52. The molecule has 0 aromatic rings. The maximum Gasteiger partial charge on any atom is 0.425 e. The van der Waals surface area contributed by atoms with E-state index in [1.54, 1.807) is 0 Å². The van der Waals surface area contributed by atoms with Crippen molar-refractivity contribution in [3.05, 3.63) is 0 Å². The molecule has 0 aromatic carbocycles. The first-order chi connectivity index (χ1) is 6.72. The zero-order valence-corrected chi connectivity index (χ0v) is 8.05. The molecule has 1 unspecified atom stereocenters. The monoisotopic (exact) mass is 244 g/mol. The Kier molecular flexibility index (Phi) is 7.72. The van der Waals surface area contributed by atoms with E-state index in [1.807, 2.05) is 0 Å². The maximum atomic E-state index is 12.3. The van der Waals surface area contributed by atoms with E-state index in [1.165, 1.54) is 6.92 Å². The molecule has 94 valence electrons. The van der Waals surface area contributed by atoms with Gasteiger partial charge in [-0.3, -0.25) is 4.39 Å². The largest absolute Gasteiger partial charge is 0.425 e. The Balaban J connectivity index is 0. The lowest BCUT2D eigenvalue weighted by atomic mass is 10.2. The van der Waals surface area contributed by atoms with Gasteiger partial charge in [-0.1, -0.05) is 0 Å². The van der Waals surface area contributed by atoms with E-state index >= 15 is 0 Å². The molecule has 0 rings (SSSR count). The molecule has 1 atom stereocenters. The summed E-state index contributed by atoms with van der Waals surface area (Å²) < 4.78 is 84.5. The SMILES string of the molecule is CCOCC(F)(F)C(F)C(F)(F)F.CF. The third-order valence-electron chi connectivity index (χ3n) is 1.16. The Morgan fingerprint density at radius 3 is 1.73 bits per heavy atom. The van der Waals surface area contributed by atoms with Crippen LogP contribution in [0.1, 0.15) is 6.92 Å². The lowest BCUT2D eigenvalue weighted by Gasteiger charge is -2.21. The van der Waals surface area contributed by atoms with Gasteiger partial charge in [-0.25, -0.2) is 13.2 Å². The Hall–Kier alpha value is -0.530. The van der Waals surface area contributed by atoms with E-state index in [2.05, 4.69) is 4.74 Å². The fourth-order valence-electron chi connectivity index (χ4n) is 0.551. The number of rotatable bonds is 4. The van der Waals surface area contributed by atoms with E-state index < -0.39 is 24.9 Å².